The van der Waals surface area contributed by atoms with Crippen LogP contribution < -0.4 is 4.90 Å². The largest absolute Gasteiger partial charge is 0.356 e. The first-order valence-electron chi connectivity index (χ1n) is 8.68. The third-order valence-electron chi connectivity index (χ3n) is 4.01. The molecule has 0 atom stereocenters. The molecular weight excluding hydrogens is 298 g/mol. The summed E-state index contributed by atoms with van der Waals surface area (Å²) in [5, 5.41) is 4.75. The van der Waals surface area contributed by atoms with Gasteiger partial charge in [0.1, 0.15) is 5.82 Å². The highest BCUT2D eigenvalue weighted by Gasteiger charge is 2.15. The van der Waals surface area contributed by atoms with E-state index in [0.29, 0.717) is 5.78 Å². The maximum absolute atomic E-state index is 4.75. The summed E-state index contributed by atoms with van der Waals surface area (Å²) in [6.07, 6.45) is 2.20. The first-order valence-corrected chi connectivity index (χ1v) is 8.68. The van der Waals surface area contributed by atoms with E-state index in [0.717, 1.165) is 48.8 Å². The molecule has 0 bridgehead atoms. The van der Waals surface area contributed by atoms with E-state index in [9.17, 15) is 0 Å². The summed E-state index contributed by atoms with van der Waals surface area (Å²) < 4.78 is 1.88. The highest BCUT2D eigenvalue weighted by molar-refractivity contribution is 5.59. The van der Waals surface area contributed by atoms with Crippen molar-refractivity contribution in [3.8, 4) is 11.4 Å². The molecule has 0 aliphatic heterocycles. The summed E-state index contributed by atoms with van der Waals surface area (Å²) >= 11 is 0. The minimum absolute atomic E-state index is 0.665. The van der Waals surface area contributed by atoms with Crippen LogP contribution in [0.2, 0.25) is 0 Å². The summed E-state index contributed by atoms with van der Waals surface area (Å²) in [4.78, 5) is 11.6. The quantitative estimate of drug-likeness (QED) is 0.687. The van der Waals surface area contributed by atoms with Crippen molar-refractivity contribution in [3.05, 3.63) is 41.6 Å². The van der Waals surface area contributed by atoms with E-state index in [-0.39, 0.29) is 0 Å². The van der Waals surface area contributed by atoms with E-state index in [4.69, 9.17) is 5.10 Å². The Kier molecular flexibility index (Phi) is 4.79. The van der Waals surface area contributed by atoms with Gasteiger partial charge in [0.2, 0.25) is 0 Å². The lowest BCUT2D eigenvalue weighted by molar-refractivity contribution is 0.714. The Bertz CT molecular complexity index is 831. The van der Waals surface area contributed by atoms with Crippen molar-refractivity contribution in [2.75, 3.05) is 18.0 Å². The van der Waals surface area contributed by atoms with Gasteiger partial charge in [-0.1, -0.05) is 37.6 Å². The Morgan fingerprint density at radius 1 is 1.00 bits per heavy atom. The van der Waals surface area contributed by atoms with Gasteiger partial charge in [0.15, 0.2) is 5.82 Å². The van der Waals surface area contributed by atoms with Gasteiger partial charge in [-0.15, -0.1) is 5.10 Å². The van der Waals surface area contributed by atoms with Crippen LogP contribution in [0.1, 0.15) is 37.9 Å². The Balaban J connectivity index is 2.13. The highest BCUT2D eigenvalue weighted by Crippen LogP contribution is 2.22. The van der Waals surface area contributed by atoms with Crippen molar-refractivity contribution < 1.29 is 0 Å². The van der Waals surface area contributed by atoms with E-state index in [1.807, 2.05) is 23.6 Å². The molecular formula is C19H25N5. The van der Waals surface area contributed by atoms with Crippen molar-refractivity contribution in [1.82, 2.24) is 19.6 Å². The van der Waals surface area contributed by atoms with Gasteiger partial charge >= 0.3 is 0 Å². The zero-order valence-corrected chi connectivity index (χ0v) is 15.0. The Morgan fingerprint density at radius 2 is 1.75 bits per heavy atom. The van der Waals surface area contributed by atoms with Crippen LogP contribution in [0, 0.1) is 13.8 Å². The molecule has 2 aromatic heterocycles. The van der Waals surface area contributed by atoms with Gasteiger partial charge in [0.25, 0.3) is 5.78 Å². The fourth-order valence-corrected chi connectivity index (χ4v) is 2.98. The molecule has 126 valence electrons. The van der Waals surface area contributed by atoms with Gasteiger partial charge < -0.3 is 4.90 Å². The second-order valence-electron chi connectivity index (χ2n) is 6.26. The molecule has 0 unspecified atom stereocenters. The van der Waals surface area contributed by atoms with Gasteiger partial charge in [-0.3, -0.25) is 0 Å². The molecule has 5 heteroatoms. The molecule has 0 saturated carbocycles. The van der Waals surface area contributed by atoms with Crippen LogP contribution in [0.15, 0.2) is 30.3 Å². The van der Waals surface area contributed by atoms with Crippen LogP contribution in [0.4, 0.5) is 5.82 Å². The first kappa shape index (κ1) is 16.4. The second-order valence-corrected chi connectivity index (χ2v) is 6.26. The van der Waals surface area contributed by atoms with Gasteiger partial charge in [-0.05, 0) is 32.8 Å². The van der Waals surface area contributed by atoms with Crippen LogP contribution >= 0.6 is 0 Å². The predicted octanol–water partition coefficient (Wildman–Crippen LogP) is 4.03. The molecule has 0 radical (unpaired) electrons. The Morgan fingerprint density at radius 3 is 2.42 bits per heavy atom. The summed E-state index contributed by atoms with van der Waals surface area (Å²) in [6, 6.07) is 10.4. The molecule has 0 N–H and O–H groups in total. The third kappa shape index (κ3) is 3.25. The lowest BCUT2D eigenvalue weighted by Crippen LogP contribution is -2.27. The first-order chi connectivity index (χ1) is 11.6. The van der Waals surface area contributed by atoms with Crippen molar-refractivity contribution in [3.63, 3.8) is 0 Å². The monoisotopic (exact) mass is 323 g/mol. The van der Waals surface area contributed by atoms with Crippen LogP contribution in [0.3, 0.4) is 0 Å². The lowest BCUT2D eigenvalue weighted by atomic mass is 10.1. The van der Waals surface area contributed by atoms with E-state index in [2.05, 4.69) is 53.8 Å². The average Bonchev–Trinajstić information content (AvgIpc) is 2.98. The van der Waals surface area contributed by atoms with E-state index in [1.165, 1.54) is 5.56 Å². The fraction of sp³-hybridized carbons (Fsp3) is 0.421. The molecule has 24 heavy (non-hydrogen) atoms. The van der Waals surface area contributed by atoms with Gasteiger partial charge in [0, 0.05) is 30.4 Å². The van der Waals surface area contributed by atoms with Crippen LogP contribution in [-0.4, -0.2) is 32.7 Å². The number of fused-ring (bicyclic) bond motifs is 1. The number of benzene rings is 1. The molecule has 0 amide bonds. The Hall–Kier alpha value is -2.43. The lowest BCUT2D eigenvalue weighted by Gasteiger charge is -2.24. The van der Waals surface area contributed by atoms with Crippen LogP contribution in [0.5, 0.6) is 0 Å². The van der Waals surface area contributed by atoms with Crippen molar-refractivity contribution in [1.29, 1.82) is 0 Å². The van der Waals surface area contributed by atoms with Crippen molar-refractivity contribution in [2.45, 2.75) is 40.5 Å². The molecule has 1 aromatic carbocycles. The SMILES string of the molecule is CCCN(CCC)c1cc(C)nc2nc(-c3cccc(C)c3)nn12. The van der Waals surface area contributed by atoms with E-state index < -0.39 is 0 Å². The molecule has 3 rings (SSSR count). The van der Waals surface area contributed by atoms with E-state index in [1.54, 1.807) is 0 Å². The number of nitrogens with zero attached hydrogens (tertiary/aromatic N) is 5. The maximum atomic E-state index is 4.75. The summed E-state index contributed by atoms with van der Waals surface area (Å²) in [6.45, 7) is 10.5. The van der Waals surface area contributed by atoms with Gasteiger partial charge in [-0.2, -0.15) is 9.50 Å². The molecule has 0 fully saturated rings. The molecule has 0 spiro atoms. The molecule has 0 aliphatic rings. The third-order valence-corrected chi connectivity index (χ3v) is 4.01. The normalized spacial score (nSPS) is 11.2. The molecule has 5 nitrogen and oxygen atoms in total. The van der Waals surface area contributed by atoms with E-state index >= 15 is 0 Å². The van der Waals surface area contributed by atoms with Gasteiger partial charge in [-0.25, -0.2) is 4.98 Å². The average molecular weight is 323 g/mol. The Labute approximate surface area is 143 Å². The van der Waals surface area contributed by atoms with Crippen molar-refractivity contribution >= 4 is 11.6 Å². The maximum Gasteiger partial charge on any atom is 0.254 e. The summed E-state index contributed by atoms with van der Waals surface area (Å²) in [5.41, 5.74) is 3.20. The molecule has 0 saturated heterocycles. The summed E-state index contributed by atoms with van der Waals surface area (Å²) in [5.74, 6) is 2.47. The smallest absolute Gasteiger partial charge is 0.254 e. The fourth-order valence-electron chi connectivity index (χ4n) is 2.98. The minimum Gasteiger partial charge on any atom is -0.356 e. The van der Waals surface area contributed by atoms with Crippen LogP contribution in [-0.2, 0) is 0 Å². The topological polar surface area (TPSA) is 46.3 Å². The van der Waals surface area contributed by atoms with Crippen molar-refractivity contribution in [2.24, 2.45) is 0 Å². The molecule has 2 heterocycles. The summed E-state index contributed by atoms with van der Waals surface area (Å²) in [7, 11) is 0. The zero-order chi connectivity index (χ0) is 17.1. The number of rotatable bonds is 6. The van der Waals surface area contributed by atoms with Crippen LogP contribution in [0.25, 0.3) is 17.2 Å². The second kappa shape index (κ2) is 6.99. The predicted molar refractivity (Wildman–Crippen MR) is 98.5 cm³/mol. The molecule has 0 aliphatic carbocycles. The molecule has 3 aromatic rings. The number of anilines is 1. The van der Waals surface area contributed by atoms with Gasteiger partial charge in [0.05, 0.1) is 0 Å². The number of aryl methyl sites for hydroxylation is 2. The number of hydrogen-bond donors (Lipinski definition) is 0. The minimum atomic E-state index is 0.665. The number of hydrogen-bond acceptors (Lipinski definition) is 4. The standard InChI is InChI=1S/C19H25N5/c1-5-10-23(11-6-2)17-13-15(4)20-19-21-18(22-24(17)19)16-9-7-8-14(3)12-16/h7-9,12-13H,5-6,10-11H2,1-4H3. The zero-order valence-electron chi connectivity index (χ0n) is 15.0. The number of aromatic nitrogens is 4. The highest BCUT2D eigenvalue weighted by atomic mass is 15.4.